The number of aromatic nitrogens is 3. The summed E-state index contributed by atoms with van der Waals surface area (Å²) in [5.74, 6) is 1.14. The first-order valence-electron chi connectivity index (χ1n) is 4.83. The normalized spacial score (nSPS) is 10.2. The molecular weight excluding hydrogens is 188 g/mol. The van der Waals surface area contributed by atoms with Gasteiger partial charge < -0.3 is 5.73 Å². The Morgan fingerprint density at radius 2 is 2.20 bits per heavy atom. The molecule has 0 aliphatic carbocycles. The van der Waals surface area contributed by atoms with Gasteiger partial charge in [0, 0.05) is 29.7 Å². The van der Waals surface area contributed by atoms with Crippen molar-refractivity contribution in [1.29, 1.82) is 0 Å². The van der Waals surface area contributed by atoms with Crippen LogP contribution in [0.2, 0.25) is 0 Å². The lowest BCUT2D eigenvalue weighted by Crippen LogP contribution is -1.99. The molecule has 4 heteroatoms. The summed E-state index contributed by atoms with van der Waals surface area (Å²) in [5, 5.41) is 0. The zero-order valence-electron chi connectivity index (χ0n) is 8.51. The molecule has 0 saturated heterocycles. The molecule has 0 unspecified atom stereocenters. The van der Waals surface area contributed by atoms with Crippen LogP contribution in [0.15, 0.2) is 30.6 Å². The van der Waals surface area contributed by atoms with Crippen molar-refractivity contribution in [3.05, 3.63) is 36.3 Å². The molecule has 2 aromatic heterocycles. The number of hydrogen-bond acceptors (Lipinski definition) is 4. The van der Waals surface area contributed by atoms with E-state index in [1.54, 1.807) is 18.5 Å². The molecule has 76 valence electrons. The molecule has 0 saturated carbocycles. The van der Waals surface area contributed by atoms with Crippen molar-refractivity contribution in [2.75, 3.05) is 5.73 Å². The first-order valence-corrected chi connectivity index (χ1v) is 4.83. The number of anilines is 1. The van der Waals surface area contributed by atoms with Crippen molar-refractivity contribution in [1.82, 2.24) is 15.0 Å². The Kier molecular flexibility index (Phi) is 2.58. The highest BCUT2D eigenvalue weighted by molar-refractivity contribution is 5.55. The molecule has 0 amide bonds. The summed E-state index contributed by atoms with van der Waals surface area (Å²) in [6.45, 7) is 2.04. The molecule has 0 spiro atoms. The molecule has 0 aromatic carbocycles. The third kappa shape index (κ3) is 2.10. The minimum atomic E-state index is 0.501. The van der Waals surface area contributed by atoms with Crippen LogP contribution in [0.4, 0.5) is 5.82 Å². The maximum atomic E-state index is 5.70. The van der Waals surface area contributed by atoms with Gasteiger partial charge in [0.15, 0.2) is 5.82 Å². The number of rotatable bonds is 2. The van der Waals surface area contributed by atoms with Gasteiger partial charge in [0.25, 0.3) is 0 Å². The Balaban J connectivity index is 2.49. The van der Waals surface area contributed by atoms with Crippen molar-refractivity contribution >= 4 is 5.82 Å². The van der Waals surface area contributed by atoms with Crippen LogP contribution in [-0.2, 0) is 6.42 Å². The third-order valence-electron chi connectivity index (χ3n) is 2.08. The Labute approximate surface area is 88.2 Å². The Hall–Kier alpha value is -1.97. The summed E-state index contributed by atoms with van der Waals surface area (Å²) in [4.78, 5) is 12.6. The molecule has 0 fully saturated rings. The van der Waals surface area contributed by atoms with Crippen molar-refractivity contribution in [2.24, 2.45) is 0 Å². The second-order valence-corrected chi connectivity index (χ2v) is 3.20. The van der Waals surface area contributed by atoms with E-state index in [1.165, 1.54) is 0 Å². The van der Waals surface area contributed by atoms with E-state index < -0.39 is 0 Å². The zero-order chi connectivity index (χ0) is 10.7. The van der Waals surface area contributed by atoms with Crippen LogP contribution >= 0.6 is 0 Å². The number of pyridine rings is 1. The van der Waals surface area contributed by atoms with E-state index in [1.807, 2.05) is 19.1 Å². The van der Waals surface area contributed by atoms with Gasteiger partial charge in [-0.2, -0.15) is 0 Å². The lowest BCUT2D eigenvalue weighted by Gasteiger charge is -2.03. The molecule has 15 heavy (non-hydrogen) atoms. The molecule has 0 radical (unpaired) electrons. The Morgan fingerprint density at radius 3 is 2.87 bits per heavy atom. The molecule has 0 aliphatic heterocycles. The molecule has 0 bridgehead atoms. The quantitative estimate of drug-likeness (QED) is 0.801. The fourth-order valence-corrected chi connectivity index (χ4v) is 1.32. The molecule has 2 heterocycles. The lowest BCUT2D eigenvalue weighted by atomic mass is 10.2. The molecule has 2 aromatic rings. The first-order chi connectivity index (χ1) is 7.29. The summed E-state index contributed by atoms with van der Waals surface area (Å²) in [5.41, 5.74) is 7.53. The van der Waals surface area contributed by atoms with Gasteiger partial charge in [-0.05, 0) is 18.6 Å². The van der Waals surface area contributed by atoms with Crippen molar-refractivity contribution in [2.45, 2.75) is 13.3 Å². The van der Waals surface area contributed by atoms with E-state index >= 15 is 0 Å². The Morgan fingerprint density at radius 1 is 1.33 bits per heavy atom. The van der Waals surface area contributed by atoms with E-state index in [4.69, 9.17) is 5.73 Å². The SMILES string of the molecule is CCc1cc(N)nc(-c2cccnc2)n1. The van der Waals surface area contributed by atoms with E-state index in [0.717, 1.165) is 17.7 Å². The monoisotopic (exact) mass is 200 g/mol. The number of nitrogen functional groups attached to an aromatic ring is 1. The summed E-state index contributed by atoms with van der Waals surface area (Å²) >= 11 is 0. The highest BCUT2D eigenvalue weighted by Crippen LogP contribution is 2.15. The second-order valence-electron chi connectivity index (χ2n) is 3.20. The largest absolute Gasteiger partial charge is 0.384 e. The summed E-state index contributed by atoms with van der Waals surface area (Å²) in [7, 11) is 0. The van der Waals surface area contributed by atoms with E-state index in [9.17, 15) is 0 Å². The lowest BCUT2D eigenvalue weighted by molar-refractivity contribution is 1.01. The zero-order valence-corrected chi connectivity index (χ0v) is 8.51. The molecule has 0 aliphatic rings. The number of aryl methyl sites for hydroxylation is 1. The molecule has 2 rings (SSSR count). The van der Waals surface area contributed by atoms with Crippen LogP contribution in [-0.4, -0.2) is 15.0 Å². The fraction of sp³-hybridized carbons (Fsp3) is 0.182. The number of hydrogen-bond donors (Lipinski definition) is 1. The van der Waals surface area contributed by atoms with Gasteiger partial charge in [-0.1, -0.05) is 6.92 Å². The predicted molar refractivity (Wildman–Crippen MR) is 59.1 cm³/mol. The second kappa shape index (κ2) is 4.04. The number of nitrogens with two attached hydrogens (primary N) is 1. The standard InChI is InChI=1S/C11H12N4/c1-2-9-6-10(12)15-11(14-9)8-4-3-5-13-7-8/h3-7H,2H2,1H3,(H2,12,14,15). The highest BCUT2D eigenvalue weighted by atomic mass is 14.9. The maximum Gasteiger partial charge on any atom is 0.163 e. The van der Waals surface area contributed by atoms with Gasteiger partial charge in [0.1, 0.15) is 5.82 Å². The topological polar surface area (TPSA) is 64.7 Å². The van der Waals surface area contributed by atoms with E-state index in [0.29, 0.717) is 11.6 Å². The average molecular weight is 200 g/mol. The van der Waals surface area contributed by atoms with Crippen molar-refractivity contribution in [3.63, 3.8) is 0 Å². The number of nitrogens with zero attached hydrogens (tertiary/aromatic N) is 3. The predicted octanol–water partition coefficient (Wildman–Crippen LogP) is 1.68. The van der Waals surface area contributed by atoms with Gasteiger partial charge in [0.05, 0.1) is 0 Å². The van der Waals surface area contributed by atoms with E-state index in [2.05, 4.69) is 15.0 Å². The molecule has 2 N–H and O–H groups in total. The Bertz CT molecular complexity index is 453. The van der Waals surface area contributed by atoms with Gasteiger partial charge in [0.2, 0.25) is 0 Å². The summed E-state index contributed by atoms with van der Waals surface area (Å²) in [6, 6.07) is 5.56. The van der Waals surface area contributed by atoms with Crippen LogP contribution in [0, 0.1) is 0 Å². The van der Waals surface area contributed by atoms with Gasteiger partial charge in [-0.3, -0.25) is 4.98 Å². The minimum Gasteiger partial charge on any atom is -0.384 e. The van der Waals surface area contributed by atoms with Gasteiger partial charge in [-0.15, -0.1) is 0 Å². The molecular formula is C11H12N4. The molecule has 0 atom stereocenters. The minimum absolute atomic E-state index is 0.501. The summed E-state index contributed by atoms with van der Waals surface area (Å²) < 4.78 is 0. The van der Waals surface area contributed by atoms with E-state index in [-0.39, 0.29) is 0 Å². The summed E-state index contributed by atoms with van der Waals surface area (Å²) in [6.07, 6.45) is 4.30. The first kappa shape index (κ1) is 9.58. The highest BCUT2D eigenvalue weighted by Gasteiger charge is 2.03. The fourth-order valence-electron chi connectivity index (χ4n) is 1.32. The van der Waals surface area contributed by atoms with Gasteiger partial charge in [-0.25, -0.2) is 9.97 Å². The van der Waals surface area contributed by atoms with Crippen LogP contribution in [0.3, 0.4) is 0 Å². The van der Waals surface area contributed by atoms with Crippen molar-refractivity contribution in [3.8, 4) is 11.4 Å². The maximum absolute atomic E-state index is 5.70. The molecule has 4 nitrogen and oxygen atoms in total. The van der Waals surface area contributed by atoms with Crippen LogP contribution < -0.4 is 5.73 Å². The van der Waals surface area contributed by atoms with Crippen LogP contribution in [0.5, 0.6) is 0 Å². The van der Waals surface area contributed by atoms with Crippen LogP contribution in [0.25, 0.3) is 11.4 Å². The average Bonchev–Trinajstić information content (AvgIpc) is 2.29. The smallest absolute Gasteiger partial charge is 0.163 e. The third-order valence-corrected chi connectivity index (χ3v) is 2.08. The van der Waals surface area contributed by atoms with Crippen molar-refractivity contribution < 1.29 is 0 Å². The van der Waals surface area contributed by atoms with Gasteiger partial charge >= 0.3 is 0 Å². The van der Waals surface area contributed by atoms with Crippen LogP contribution in [0.1, 0.15) is 12.6 Å².